The Kier molecular flexibility index (Phi) is 3.89. The van der Waals surface area contributed by atoms with E-state index in [0.29, 0.717) is 11.5 Å². The third kappa shape index (κ3) is 2.88. The molecule has 0 aliphatic rings. The zero-order chi connectivity index (χ0) is 14.8. The highest BCUT2D eigenvalue weighted by Gasteiger charge is 2.25. The molecule has 106 valence electrons. The molecule has 2 aromatic heterocycles. The van der Waals surface area contributed by atoms with E-state index in [1.54, 1.807) is 12.3 Å². The minimum absolute atomic E-state index is 0.208. The highest BCUT2D eigenvalue weighted by atomic mass is 32.1. The largest absolute Gasteiger partial charge is 0.464 e. The van der Waals surface area contributed by atoms with Crippen molar-refractivity contribution < 1.29 is 9.53 Å². The molecule has 0 unspecified atom stereocenters. The third-order valence-corrected chi connectivity index (χ3v) is 3.82. The van der Waals surface area contributed by atoms with Gasteiger partial charge in [-0.25, -0.2) is 14.8 Å². The summed E-state index contributed by atoms with van der Waals surface area (Å²) in [6.07, 6.45) is 1.74. The molecule has 2 rings (SSSR count). The molecular formula is C13H16N4O2S. The van der Waals surface area contributed by atoms with E-state index in [0.717, 1.165) is 5.01 Å². The van der Waals surface area contributed by atoms with Crippen LogP contribution in [0.15, 0.2) is 23.7 Å². The number of nitrogens with zero attached hydrogens (tertiary/aromatic N) is 2. The molecule has 0 aliphatic carbocycles. The number of pyridine rings is 1. The third-order valence-electron chi connectivity index (χ3n) is 2.72. The Labute approximate surface area is 121 Å². The smallest absolute Gasteiger partial charge is 0.356 e. The molecule has 0 amide bonds. The van der Waals surface area contributed by atoms with Crippen LogP contribution in [0.3, 0.4) is 0 Å². The van der Waals surface area contributed by atoms with Crippen molar-refractivity contribution in [2.75, 3.05) is 18.2 Å². The predicted molar refractivity (Wildman–Crippen MR) is 78.8 cm³/mol. The van der Waals surface area contributed by atoms with Crippen molar-refractivity contribution in [3.63, 3.8) is 0 Å². The average Bonchev–Trinajstić information content (AvgIpc) is 2.95. The van der Waals surface area contributed by atoms with Crippen LogP contribution < -0.4 is 11.1 Å². The first-order valence-corrected chi connectivity index (χ1v) is 6.85. The molecule has 2 heterocycles. The van der Waals surface area contributed by atoms with Gasteiger partial charge >= 0.3 is 5.97 Å². The van der Waals surface area contributed by atoms with Crippen LogP contribution in [-0.2, 0) is 10.3 Å². The molecule has 20 heavy (non-hydrogen) atoms. The van der Waals surface area contributed by atoms with Crippen LogP contribution in [0.5, 0.6) is 0 Å². The summed E-state index contributed by atoms with van der Waals surface area (Å²) in [5, 5.41) is 6.02. The lowest BCUT2D eigenvalue weighted by Crippen LogP contribution is -2.29. The van der Waals surface area contributed by atoms with E-state index in [1.807, 2.05) is 19.2 Å². The van der Waals surface area contributed by atoms with Gasteiger partial charge in [0.15, 0.2) is 11.5 Å². The second kappa shape index (κ2) is 5.46. The van der Waals surface area contributed by atoms with Crippen molar-refractivity contribution in [3.05, 3.63) is 34.4 Å². The Morgan fingerprint density at radius 3 is 2.80 bits per heavy atom. The van der Waals surface area contributed by atoms with Gasteiger partial charge in [-0.1, -0.05) is 0 Å². The van der Waals surface area contributed by atoms with Gasteiger partial charge in [0.05, 0.1) is 18.3 Å². The molecule has 0 aliphatic heterocycles. The van der Waals surface area contributed by atoms with Gasteiger partial charge in [0.1, 0.15) is 5.01 Å². The molecule has 0 atom stereocenters. The normalized spacial score (nSPS) is 11.2. The summed E-state index contributed by atoms with van der Waals surface area (Å²) in [7, 11) is 1.31. The predicted octanol–water partition coefficient (Wildman–Crippen LogP) is 2.25. The van der Waals surface area contributed by atoms with Crippen LogP contribution in [0.25, 0.3) is 0 Å². The number of nitrogens with one attached hydrogen (secondary N) is 1. The zero-order valence-electron chi connectivity index (χ0n) is 11.5. The molecule has 0 spiro atoms. The van der Waals surface area contributed by atoms with Gasteiger partial charge in [0, 0.05) is 11.6 Å². The number of rotatable bonds is 4. The number of hydrogen-bond donors (Lipinski definition) is 2. The maximum Gasteiger partial charge on any atom is 0.356 e. The molecule has 0 radical (unpaired) electrons. The molecule has 0 saturated heterocycles. The quantitative estimate of drug-likeness (QED) is 0.840. The Hall–Kier alpha value is -2.15. The second-order valence-electron chi connectivity index (χ2n) is 4.71. The molecular weight excluding hydrogens is 276 g/mol. The molecule has 0 bridgehead atoms. The summed E-state index contributed by atoms with van der Waals surface area (Å²) >= 11 is 1.54. The summed E-state index contributed by atoms with van der Waals surface area (Å²) < 4.78 is 4.65. The van der Waals surface area contributed by atoms with Gasteiger partial charge in [0.2, 0.25) is 0 Å². The number of hydrogen-bond acceptors (Lipinski definition) is 7. The molecule has 0 fully saturated rings. The lowest BCUT2D eigenvalue weighted by Gasteiger charge is -2.25. The Morgan fingerprint density at radius 2 is 2.20 bits per heavy atom. The van der Waals surface area contributed by atoms with E-state index in [2.05, 4.69) is 20.0 Å². The molecule has 7 heteroatoms. The van der Waals surface area contributed by atoms with E-state index in [4.69, 9.17) is 5.73 Å². The van der Waals surface area contributed by atoms with Crippen LogP contribution >= 0.6 is 11.3 Å². The molecule has 3 N–H and O–H groups in total. The first-order chi connectivity index (χ1) is 9.44. The Balaban J connectivity index is 2.31. The van der Waals surface area contributed by atoms with Gasteiger partial charge < -0.3 is 15.8 Å². The Bertz CT molecular complexity index is 611. The SMILES string of the molecule is COC(=O)c1ccc(N)c(NC(C)(C)c2nccs2)n1. The van der Waals surface area contributed by atoms with Crippen molar-refractivity contribution in [1.82, 2.24) is 9.97 Å². The van der Waals surface area contributed by atoms with Crippen molar-refractivity contribution in [1.29, 1.82) is 0 Å². The summed E-state index contributed by atoms with van der Waals surface area (Å²) in [5.41, 5.74) is 6.13. The molecule has 6 nitrogen and oxygen atoms in total. The van der Waals surface area contributed by atoms with Gasteiger partial charge in [-0.15, -0.1) is 11.3 Å². The Morgan fingerprint density at radius 1 is 1.45 bits per heavy atom. The number of anilines is 2. The van der Waals surface area contributed by atoms with Gasteiger partial charge in [-0.3, -0.25) is 0 Å². The van der Waals surface area contributed by atoms with E-state index >= 15 is 0 Å². The molecule has 0 saturated carbocycles. The number of aromatic nitrogens is 2. The van der Waals surface area contributed by atoms with Crippen molar-refractivity contribution in [3.8, 4) is 0 Å². The summed E-state index contributed by atoms with van der Waals surface area (Å²) in [5.74, 6) is -0.0618. The number of nitrogens with two attached hydrogens (primary N) is 1. The van der Waals surface area contributed by atoms with E-state index in [1.165, 1.54) is 24.5 Å². The number of carbonyl (C=O) groups excluding carboxylic acids is 1. The van der Waals surface area contributed by atoms with E-state index in [9.17, 15) is 4.79 Å². The maximum atomic E-state index is 11.5. The lowest BCUT2D eigenvalue weighted by atomic mass is 10.1. The first kappa shape index (κ1) is 14.3. The molecule has 2 aromatic rings. The zero-order valence-corrected chi connectivity index (χ0v) is 12.3. The minimum atomic E-state index is -0.500. The monoisotopic (exact) mass is 292 g/mol. The maximum absolute atomic E-state index is 11.5. The fraction of sp³-hybridized carbons (Fsp3) is 0.308. The average molecular weight is 292 g/mol. The summed E-state index contributed by atoms with van der Waals surface area (Å²) in [6, 6.07) is 3.16. The van der Waals surface area contributed by atoms with Crippen LogP contribution in [0, 0.1) is 0 Å². The van der Waals surface area contributed by atoms with Gasteiger partial charge in [-0.2, -0.15) is 0 Å². The number of methoxy groups -OCH3 is 1. The van der Waals surface area contributed by atoms with E-state index in [-0.39, 0.29) is 5.69 Å². The van der Waals surface area contributed by atoms with Crippen molar-refractivity contribution in [2.45, 2.75) is 19.4 Å². The number of carbonyl (C=O) groups is 1. The van der Waals surface area contributed by atoms with Crippen LogP contribution in [0.4, 0.5) is 11.5 Å². The minimum Gasteiger partial charge on any atom is -0.464 e. The number of ether oxygens (including phenoxy) is 1. The highest BCUT2D eigenvalue weighted by Crippen LogP contribution is 2.28. The second-order valence-corrected chi connectivity index (χ2v) is 5.61. The fourth-order valence-corrected chi connectivity index (χ4v) is 2.39. The van der Waals surface area contributed by atoms with Crippen molar-refractivity contribution >= 4 is 28.8 Å². The van der Waals surface area contributed by atoms with Crippen molar-refractivity contribution in [2.24, 2.45) is 0 Å². The van der Waals surface area contributed by atoms with Gasteiger partial charge in [-0.05, 0) is 26.0 Å². The standard InChI is InChI=1S/C13H16N4O2S/c1-13(2,12-15-6-7-20-12)17-10-8(14)4-5-9(16-10)11(18)19-3/h4-7H,14H2,1-3H3,(H,16,17). The number of nitrogen functional groups attached to an aromatic ring is 1. The summed E-state index contributed by atoms with van der Waals surface area (Å²) in [6.45, 7) is 3.94. The van der Waals surface area contributed by atoms with Crippen LogP contribution in [-0.4, -0.2) is 23.0 Å². The van der Waals surface area contributed by atoms with Gasteiger partial charge in [0.25, 0.3) is 0 Å². The number of thiazole rings is 1. The first-order valence-electron chi connectivity index (χ1n) is 5.97. The molecule has 0 aromatic carbocycles. The highest BCUT2D eigenvalue weighted by molar-refractivity contribution is 7.09. The van der Waals surface area contributed by atoms with Crippen LogP contribution in [0.1, 0.15) is 29.3 Å². The van der Waals surface area contributed by atoms with Crippen LogP contribution in [0.2, 0.25) is 0 Å². The van der Waals surface area contributed by atoms with E-state index < -0.39 is 11.5 Å². The number of esters is 1. The summed E-state index contributed by atoms with van der Waals surface area (Å²) in [4.78, 5) is 20.0. The topological polar surface area (TPSA) is 90.1 Å². The fourth-order valence-electron chi connectivity index (χ4n) is 1.67. The lowest BCUT2D eigenvalue weighted by molar-refractivity contribution is 0.0594.